The zero-order valence-corrected chi connectivity index (χ0v) is 12.1. The number of anilines is 1. The van der Waals surface area contributed by atoms with Crippen LogP contribution in [0.1, 0.15) is 10.4 Å². The Hall–Kier alpha value is -1.51. The summed E-state index contributed by atoms with van der Waals surface area (Å²) >= 11 is 5.01. The van der Waals surface area contributed by atoms with Crippen molar-refractivity contribution in [3.63, 3.8) is 0 Å². The van der Waals surface area contributed by atoms with Crippen LogP contribution in [0.4, 0.5) is 5.69 Å². The van der Waals surface area contributed by atoms with Gasteiger partial charge in [-0.1, -0.05) is 15.9 Å². The quantitative estimate of drug-likeness (QED) is 0.925. The highest BCUT2D eigenvalue weighted by Crippen LogP contribution is 2.25. The number of hydrogen-bond donors (Lipinski definition) is 1. The molecule has 0 spiro atoms. The summed E-state index contributed by atoms with van der Waals surface area (Å²) in [7, 11) is 1.64. The van der Waals surface area contributed by atoms with Crippen molar-refractivity contribution < 1.29 is 4.74 Å². The van der Waals surface area contributed by atoms with Gasteiger partial charge in [-0.3, -0.25) is 0 Å². The van der Waals surface area contributed by atoms with Crippen molar-refractivity contribution in [2.75, 3.05) is 12.4 Å². The summed E-state index contributed by atoms with van der Waals surface area (Å²) in [5.74, 6) is 0.802. The Kier molecular flexibility index (Phi) is 4.24. The molecule has 0 amide bonds. The standard InChI is InChI=1S/C13H11BrN2OS/c1-17-12-4-10(14)3-11(5-12)16-7-13-2-9(6-15)8-18-13/h2-5,8,16H,7H2,1H3. The summed E-state index contributed by atoms with van der Waals surface area (Å²) in [5.41, 5.74) is 1.69. The smallest absolute Gasteiger partial charge is 0.122 e. The molecular weight excluding hydrogens is 312 g/mol. The first kappa shape index (κ1) is 12.9. The van der Waals surface area contributed by atoms with Gasteiger partial charge in [0.1, 0.15) is 11.8 Å². The molecule has 1 aromatic heterocycles. The van der Waals surface area contributed by atoms with Crippen molar-refractivity contribution in [2.45, 2.75) is 6.54 Å². The van der Waals surface area contributed by atoms with Gasteiger partial charge in [0.2, 0.25) is 0 Å². The van der Waals surface area contributed by atoms with Gasteiger partial charge in [-0.05, 0) is 18.2 Å². The summed E-state index contributed by atoms with van der Waals surface area (Å²) in [6.45, 7) is 0.700. The molecule has 0 atom stereocenters. The summed E-state index contributed by atoms with van der Waals surface area (Å²) in [6, 6.07) is 9.85. The molecule has 0 aliphatic rings. The third kappa shape index (κ3) is 3.25. The molecule has 3 nitrogen and oxygen atoms in total. The number of nitrogens with zero attached hydrogens (tertiary/aromatic N) is 1. The number of rotatable bonds is 4. The number of benzene rings is 1. The molecule has 1 N–H and O–H groups in total. The molecule has 5 heteroatoms. The van der Waals surface area contributed by atoms with Crippen LogP contribution in [0.25, 0.3) is 0 Å². The highest BCUT2D eigenvalue weighted by Gasteiger charge is 2.02. The maximum Gasteiger partial charge on any atom is 0.122 e. The molecule has 2 rings (SSSR count). The SMILES string of the molecule is COc1cc(Br)cc(NCc2cc(C#N)cs2)c1. The van der Waals surface area contributed by atoms with Crippen LogP contribution in [-0.4, -0.2) is 7.11 Å². The molecule has 18 heavy (non-hydrogen) atoms. The minimum Gasteiger partial charge on any atom is -0.497 e. The number of thiophene rings is 1. The lowest BCUT2D eigenvalue weighted by Crippen LogP contribution is -1.97. The molecule has 0 bridgehead atoms. The van der Waals surface area contributed by atoms with Crippen LogP contribution in [0.15, 0.2) is 34.1 Å². The molecule has 0 saturated carbocycles. The van der Waals surface area contributed by atoms with E-state index < -0.39 is 0 Å². The summed E-state index contributed by atoms with van der Waals surface area (Å²) < 4.78 is 6.16. The van der Waals surface area contributed by atoms with Gasteiger partial charge in [-0.25, -0.2) is 0 Å². The van der Waals surface area contributed by atoms with E-state index in [0.717, 1.165) is 20.8 Å². The van der Waals surface area contributed by atoms with Crippen molar-refractivity contribution in [3.8, 4) is 11.8 Å². The molecule has 0 saturated heterocycles. The van der Waals surface area contributed by atoms with Crippen molar-refractivity contribution in [1.82, 2.24) is 0 Å². The van der Waals surface area contributed by atoms with Gasteiger partial charge in [0, 0.05) is 33.0 Å². The molecule has 92 valence electrons. The number of methoxy groups -OCH3 is 1. The van der Waals surface area contributed by atoms with E-state index in [1.54, 1.807) is 18.4 Å². The van der Waals surface area contributed by atoms with Gasteiger partial charge in [-0.15, -0.1) is 11.3 Å². The topological polar surface area (TPSA) is 45.0 Å². The van der Waals surface area contributed by atoms with Crippen LogP contribution in [0.3, 0.4) is 0 Å². The first-order valence-corrected chi connectivity index (χ1v) is 6.94. The predicted octanol–water partition coefficient (Wildman–Crippen LogP) is 4.00. The number of halogens is 1. The zero-order chi connectivity index (χ0) is 13.0. The monoisotopic (exact) mass is 322 g/mol. The first-order valence-electron chi connectivity index (χ1n) is 5.27. The van der Waals surface area contributed by atoms with E-state index in [9.17, 15) is 0 Å². The minimum absolute atomic E-state index is 0.700. The van der Waals surface area contributed by atoms with Crippen molar-refractivity contribution in [3.05, 3.63) is 44.6 Å². The Morgan fingerprint density at radius 1 is 1.39 bits per heavy atom. The van der Waals surface area contributed by atoms with Crippen LogP contribution in [0.2, 0.25) is 0 Å². The normalized spacial score (nSPS) is 9.83. The maximum absolute atomic E-state index is 8.75. The molecule has 0 aliphatic heterocycles. The highest BCUT2D eigenvalue weighted by atomic mass is 79.9. The molecule has 0 radical (unpaired) electrons. The van der Waals surface area contributed by atoms with E-state index in [-0.39, 0.29) is 0 Å². The van der Waals surface area contributed by atoms with E-state index in [0.29, 0.717) is 12.1 Å². The third-order valence-electron chi connectivity index (χ3n) is 2.36. The number of nitrogens with one attached hydrogen (secondary N) is 1. The largest absolute Gasteiger partial charge is 0.497 e. The average Bonchev–Trinajstić information content (AvgIpc) is 2.83. The predicted molar refractivity (Wildman–Crippen MR) is 77.1 cm³/mol. The van der Waals surface area contributed by atoms with Crippen LogP contribution in [0.5, 0.6) is 5.75 Å². The lowest BCUT2D eigenvalue weighted by Gasteiger charge is -2.08. The van der Waals surface area contributed by atoms with E-state index >= 15 is 0 Å². The Balaban J connectivity index is 2.06. The molecule has 1 aromatic carbocycles. The third-order valence-corrected chi connectivity index (χ3v) is 3.75. The average molecular weight is 323 g/mol. The van der Waals surface area contributed by atoms with Gasteiger partial charge in [-0.2, -0.15) is 5.26 Å². The fourth-order valence-electron chi connectivity index (χ4n) is 1.50. The minimum atomic E-state index is 0.700. The lowest BCUT2D eigenvalue weighted by atomic mass is 10.3. The highest BCUT2D eigenvalue weighted by molar-refractivity contribution is 9.10. The van der Waals surface area contributed by atoms with Gasteiger partial charge in [0.15, 0.2) is 0 Å². The zero-order valence-electron chi connectivity index (χ0n) is 9.74. The number of ether oxygens (including phenoxy) is 1. The summed E-state index contributed by atoms with van der Waals surface area (Å²) in [4.78, 5) is 1.13. The number of hydrogen-bond acceptors (Lipinski definition) is 4. The Bertz CT molecular complexity index is 589. The Labute approximate surface area is 118 Å². The van der Waals surface area contributed by atoms with Crippen LogP contribution < -0.4 is 10.1 Å². The van der Waals surface area contributed by atoms with E-state index in [1.165, 1.54) is 0 Å². The molecular formula is C13H11BrN2OS. The molecule has 0 unspecified atom stereocenters. The first-order chi connectivity index (χ1) is 8.71. The Morgan fingerprint density at radius 2 is 2.22 bits per heavy atom. The van der Waals surface area contributed by atoms with E-state index in [4.69, 9.17) is 10.00 Å². The van der Waals surface area contributed by atoms with Crippen molar-refractivity contribution >= 4 is 33.0 Å². The molecule has 0 fully saturated rings. The second-order valence-electron chi connectivity index (χ2n) is 3.65. The molecule has 1 heterocycles. The van der Waals surface area contributed by atoms with Crippen LogP contribution in [-0.2, 0) is 6.54 Å². The fraction of sp³-hybridized carbons (Fsp3) is 0.154. The van der Waals surface area contributed by atoms with Gasteiger partial charge < -0.3 is 10.1 Å². The van der Waals surface area contributed by atoms with Crippen LogP contribution >= 0.6 is 27.3 Å². The maximum atomic E-state index is 8.75. The fourth-order valence-corrected chi connectivity index (χ4v) is 2.73. The van der Waals surface area contributed by atoms with E-state index in [2.05, 4.69) is 27.3 Å². The Morgan fingerprint density at radius 3 is 2.89 bits per heavy atom. The second-order valence-corrected chi connectivity index (χ2v) is 5.56. The molecule has 0 aliphatic carbocycles. The molecule has 2 aromatic rings. The van der Waals surface area contributed by atoms with Gasteiger partial charge in [0.25, 0.3) is 0 Å². The number of nitriles is 1. The van der Waals surface area contributed by atoms with Crippen molar-refractivity contribution in [2.24, 2.45) is 0 Å². The van der Waals surface area contributed by atoms with Gasteiger partial charge in [0.05, 0.1) is 12.7 Å². The summed E-state index contributed by atoms with van der Waals surface area (Å²) in [5, 5.41) is 13.9. The van der Waals surface area contributed by atoms with Gasteiger partial charge >= 0.3 is 0 Å². The van der Waals surface area contributed by atoms with Crippen molar-refractivity contribution in [1.29, 1.82) is 5.26 Å². The summed E-state index contributed by atoms with van der Waals surface area (Å²) in [6.07, 6.45) is 0. The van der Waals surface area contributed by atoms with E-state index in [1.807, 2.05) is 29.6 Å². The second kappa shape index (κ2) is 5.89. The lowest BCUT2D eigenvalue weighted by molar-refractivity contribution is 0.414. The van der Waals surface area contributed by atoms with Crippen LogP contribution in [0, 0.1) is 11.3 Å².